The van der Waals surface area contributed by atoms with Crippen molar-refractivity contribution in [2.75, 3.05) is 6.54 Å². The minimum absolute atomic E-state index is 0.227. The van der Waals surface area contributed by atoms with Crippen LogP contribution in [0.15, 0.2) is 16.5 Å². The summed E-state index contributed by atoms with van der Waals surface area (Å²) < 4.78 is 6.04. The summed E-state index contributed by atoms with van der Waals surface area (Å²) >= 11 is 0. The summed E-state index contributed by atoms with van der Waals surface area (Å²) in [4.78, 5) is 0. The summed E-state index contributed by atoms with van der Waals surface area (Å²) in [6.07, 6.45) is 2.60. The van der Waals surface area contributed by atoms with Crippen molar-refractivity contribution in [3.8, 4) is 0 Å². The predicted molar refractivity (Wildman–Crippen MR) is 73.8 cm³/mol. The first kappa shape index (κ1) is 12.3. The Hall–Kier alpha value is -0.760. The molecule has 1 heterocycles. The number of furan rings is 1. The molecule has 4 unspecified atom stereocenters. The van der Waals surface area contributed by atoms with Crippen molar-refractivity contribution in [3.05, 3.63) is 23.7 Å². The van der Waals surface area contributed by atoms with Gasteiger partial charge in [0.2, 0.25) is 0 Å². The minimum Gasteiger partial charge on any atom is -0.465 e. The van der Waals surface area contributed by atoms with Crippen LogP contribution >= 0.6 is 0 Å². The maximum Gasteiger partial charge on any atom is 0.107 e. The van der Waals surface area contributed by atoms with Gasteiger partial charge in [0.25, 0.3) is 0 Å². The second kappa shape index (κ2) is 4.12. The summed E-state index contributed by atoms with van der Waals surface area (Å²) in [6, 6.07) is 4.41. The van der Waals surface area contributed by atoms with Crippen LogP contribution in [0.4, 0.5) is 0 Å². The van der Waals surface area contributed by atoms with Crippen molar-refractivity contribution >= 4 is 0 Å². The Balaban J connectivity index is 1.53. The third kappa shape index (κ3) is 2.64. The molecule has 0 saturated heterocycles. The van der Waals surface area contributed by atoms with Crippen LogP contribution in [0.3, 0.4) is 0 Å². The minimum atomic E-state index is 0.227. The van der Waals surface area contributed by atoms with Crippen LogP contribution < -0.4 is 5.32 Å². The van der Waals surface area contributed by atoms with Crippen LogP contribution in [-0.4, -0.2) is 12.1 Å². The van der Waals surface area contributed by atoms with Gasteiger partial charge in [0.1, 0.15) is 11.5 Å². The molecule has 0 aliphatic heterocycles. The first-order valence-electron chi connectivity index (χ1n) is 7.29. The quantitative estimate of drug-likeness (QED) is 0.873. The van der Waals surface area contributed by atoms with Gasteiger partial charge >= 0.3 is 0 Å². The molecule has 0 amide bonds. The molecule has 0 aromatic carbocycles. The highest BCUT2D eigenvalue weighted by atomic mass is 16.3. The normalized spacial score (nSPS) is 34.7. The SMILES string of the molecule is CC1CC1c1ccc(C2CC2CNC(C)(C)C)o1. The fourth-order valence-electron chi connectivity index (χ4n) is 2.74. The highest BCUT2D eigenvalue weighted by Gasteiger charge is 2.42. The molecule has 3 rings (SSSR count). The summed E-state index contributed by atoms with van der Waals surface area (Å²) in [6.45, 7) is 10.1. The van der Waals surface area contributed by atoms with Gasteiger partial charge in [-0.3, -0.25) is 0 Å². The molecule has 2 aliphatic carbocycles. The molecule has 2 nitrogen and oxygen atoms in total. The monoisotopic (exact) mass is 247 g/mol. The van der Waals surface area contributed by atoms with Gasteiger partial charge in [-0.25, -0.2) is 0 Å². The Morgan fingerprint density at radius 2 is 1.78 bits per heavy atom. The Labute approximate surface area is 110 Å². The molecule has 0 radical (unpaired) electrons. The van der Waals surface area contributed by atoms with Crippen LogP contribution in [0, 0.1) is 11.8 Å². The smallest absolute Gasteiger partial charge is 0.107 e. The Morgan fingerprint density at radius 1 is 1.17 bits per heavy atom. The molecule has 2 heteroatoms. The molecule has 0 bridgehead atoms. The Bertz CT molecular complexity index is 429. The maximum atomic E-state index is 6.04. The number of hydrogen-bond donors (Lipinski definition) is 1. The fourth-order valence-corrected chi connectivity index (χ4v) is 2.74. The summed E-state index contributed by atoms with van der Waals surface area (Å²) in [5.74, 6) is 5.45. The lowest BCUT2D eigenvalue weighted by Crippen LogP contribution is -2.37. The maximum absolute atomic E-state index is 6.04. The lowest BCUT2D eigenvalue weighted by molar-refractivity contribution is 0.406. The van der Waals surface area contributed by atoms with E-state index in [1.54, 1.807) is 0 Å². The van der Waals surface area contributed by atoms with Gasteiger partial charge < -0.3 is 9.73 Å². The molecule has 2 fully saturated rings. The summed E-state index contributed by atoms with van der Waals surface area (Å²) in [7, 11) is 0. The van der Waals surface area contributed by atoms with Gasteiger partial charge in [-0.15, -0.1) is 0 Å². The van der Waals surface area contributed by atoms with Crippen molar-refractivity contribution in [2.45, 2.75) is 57.9 Å². The molecule has 1 aromatic rings. The first-order valence-corrected chi connectivity index (χ1v) is 7.29. The zero-order valence-corrected chi connectivity index (χ0v) is 12.0. The number of nitrogens with one attached hydrogen (secondary N) is 1. The molecule has 0 spiro atoms. The van der Waals surface area contributed by atoms with Crippen LogP contribution in [0.25, 0.3) is 0 Å². The van der Waals surface area contributed by atoms with Gasteiger partial charge in [0.15, 0.2) is 0 Å². The van der Waals surface area contributed by atoms with Gasteiger partial charge in [0, 0.05) is 17.4 Å². The first-order chi connectivity index (χ1) is 8.44. The van der Waals surface area contributed by atoms with Gasteiger partial charge in [-0.05, 0) is 64.1 Å². The molecule has 18 heavy (non-hydrogen) atoms. The van der Waals surface area contributed by atoms with Crippen molar-refractivity contribution in [1.82, 2.24) is 5.32 Å². The molecule has 4 atom stereocenters. The third-order valence-corrected chi connectivity index (χ3v) is 4.31. The number of hydrogen-bond acceptors (Lipinski definition) is 2. The van der Waals surface area contributed by atoms with Crippen LogP contribution in [0.2, 0.25) is 0 Å². The van der Waals surface area contributed by atoms with E-state index >= 15 is 0 Å². The summed E-state index contributed by atoms with van der Waals surface area (Å²) in [5.41, 5.74) is 0.227. The van der Waals surface area contributed by atoms with E-state index in [1.807, 2.05) is 0 Å². The lowest BCUT2D eigenvalue weighted by Gasteiger charge is -2.20. The average molecular weight is 247 g/mol. The van der Waals surface area contributed by atoms with Crippen molar-refractivity contribution in [2.24, 2.45) is 11.8 Å². The topological polar surface area (TPSA) is 25.2 Å². The van der Waals surface area contributed by atoms with Crippen molar-refractivity contribution in [3.63, 3.8) is 0 Å². The van der Waals surface area contributed by atoms with Gasteiger partial charge in [0.05, 0.1) is 0 Å². The van der Waals surface area contributed by atoms with E-state index in [-0.39, 0.29) is 5.54 Å². The molecule has 100 valence electrons. The molecular formula is C16H25NO. The van der Waals surface area contributed by atoms with E-state index < -0.39 is 0 Å². The molecular weight excluding hydrogens is 222 g/mol. The van der Waals surface area contributed by atoms with Crippen LogP contribution in [0.5, 0.6) is 0 Å². The van der Waals surface area contributed by atoms with E-state index in [4.69, 9.17) is 4.42 Å². The van der Waals surface area contributed by atoms with E-state index in [9.17, 15) is 0 Å². The molecule has 2 saturated carbocycles. The molecule has 2 aliphatic rings. The van der Waals surface area contributed by atoms with Gasteiger partial charge in [-0.2, -0.15) is 0 Å². The van der Waals surface area contributed by atoms with Crippen LogP contribution in [-0.2, 0) is 0 Å². The molecule has 1 aromatic heterocycles. The second-order valence-corrected chi connectivity index (χ2v) is 7.29. The van der Waals surface area contributed by atoms with Crippen molar-refractivity contribution < 1.29 is 4.42 Å². The van der Waals surface area contributed by atoms with Crippen molar-refractivity contribution in [1.29, 1.82) is 0 Å². The van der Waals surface area contributed by atoms with E-state index in [0.717, 1.165) is 18.4 Å². The van der Waals surface area contributed by atoms with E-state index in [0.29, 0.717) is 11.8 Å². The third-order valence-electron chi connectivity index (χ3n) is 4.31. The fraction of sp³-hybridized carbons (Fsp3) is 0.750. The molecule has 1 N–H and O–H groups in total. The summed E-state index contributed by atoms with van der Waals surface area (Å²) in [5, 5.41) is 3.59. The van der Waals surface area contributed by atoms with E-state index in [1.165, 1.54) is 24.4 Å². The van der Waals surface area contributed by atoms with Gasteiger partial charge in [-0.1, -0.05) is 6.92 Å². The zero-order chi connectivity index (χ0) is 12.9. The largest absolute Gasteiger partial charge is 0.465 e. The Morgan fingerprint density at radius 3 is 2.33 bits per heavy atom. The van der Waals surface area contributed by atoms with Crippen LogP contribution in [0.1, 0.15) is 63.9 Å². The zero-order valence-electron chi connectivity index (χ0n) is 12.0. The standard InChI is InChI=1S/C16H25NO/c1-10-7-12(10)14-5-6-15(18-14)13-8-11(13)9-17-16(2,3)4/h5-6,10-13,17H,7-9H2,1-4H3. The lowest BCUT2D eigenvalue weighted by atomic mass is 10.1. The predicted octanol–water partition coefficient (Wildman–Crippen LogP) is 3.89. The number of rotatable bonds is 4. The average Bonchev–Trinajstić information content (AvgIpc) is 3.15. The van der Waals surface area contributed by atoms with E-state index in [2.05, 4.69) is 45.1 Å². The highest BCUT2D eigenvalue weighted by Crippen LogP contribution is 2.51. The highest BCUT2D eigenvalue weighted by molar-refractivity contribution is 5.23. The second-order valence-electron chi connectivity index (χ2n) is 7.29. The Kier molecular flexibility index (Phi) is 2.81.